The van der Waals surface area contributed by atoms with Crippen molar-refractivity contribution in [1.29, 1.82) is 0 Å². The minimum atomic E-state index is -0.125. The molecule has 4 nitrogen and oxygen atoms in total. The van der Waals surface area contributed by atoms with Gasteiger partial charge in [-0.15, -0.1) is 17.5 Å². The number of rotatable bonds is 3. The van der Waals surface area contributed by atoms with Gasteiger partial charge in [-0.1, -0.05) is 74.2 Å². The molecule has 1 N–H and O–H groups in total. The third kappa shape index (κ3) is 6.84. The van der Waals surface area contributed by atoms with Crippen LogP contribution in [-0.2, 0) is 30.3 Å². The van der Waals surface area contributed by atoms with Crippen molar-refractivity contribution >= 4 is 48.9 Å². The predicted octanol–water partition coefficient (Wildman–Crippen LogP) is 9.77. The molecule has 0 bridgehead atoms. The number of pyridine rings is 2. The average molecular weight is 750 g/mol. The van der Waals surface area contributed by atoms with E-state index in [0.717, 1.165) is 38.7 Å². The van der Waals surface area contributed by atoms with E-state index < -0.39 is 0 Å². The van der Waals surface area contributed by atoms with E-state index in [-0.39, 0.29) is 37.1 Å². The Labute approximate surface area is 264 Å². The van der Waals surface area contributed by atoms with Gasteiger partial charge in [-0.25, -0.2) is 0 Å². The monoisotopic (exact) mass is 750 g/mol. The maximum absolute atomic E-state index is 10.0. The number of thiophene rings is 1. The fourth-order valence-corrected chi connectivity index (χ4v) is 5.73. The number of hydrogen-bond acceptors (Lipinski definition) is 5. The third-order valence-corrected chi connectivity index (χ3v) is 7.82. The average Bonchev–Trinajstić information content (AvgIpc) is 3.40. The molecule has 0 aliphatic rings. The van der Waals surface area contributed by atoms with Crippen molar-refractivity contribution in [3.8, 4) is 22.4 Å². The maximum atomic E-state index is 10.0. The Morgan fingerprint density at radius 1 is 0.929 bits per heavy atom. The zero-order chi connectivity index (χ0) is 29.3. The molecule has 0 unspecified atom stereocenters. The van der Waals surface area contributed by atoms with Gasteiger partial charge in [-0.2, -0.15) is 11.3 Å². The molecule has 0 amide bonds. The minimum absolute atomic E-state index is 0. The zero-order valence-corrected chi connectivity index (χ0v) is 27.8. The van der Waals surface area contributed by atoms with Crippen LogP contribution in [0.4, 0.5) is 0 Å². The van der Waals surface area contributed by atoms with Crippen LogP contribution in [0.5, 0.6) is 0 Å². The van der Waals surface area contributed by atoms with Crippen LogP contribution in [0.2, 0.25) is 0 Å². The van der Waals surface area contributed by atoms with E-state index in [1.54, 1.807) is 11.3 Å². The van der Waals surface area contributed by atoms with E-state index in [1.165, 1.54) is 46.5 Å². The summed E-state index contributed by atoms with van der Waals surface area (Å²) in [5.74, 6) is -0.0625. The molecule has 3 aromatic carbocycles. The molecule has 0 aliphatic heterocycles. The van der Waals surface area contributed by atoms with Crippen LogP contribution in [0.15, 0.2) is 90.3 Å². The van der Waals surface area contributed by atoms with Crippen molar-refractivity contribution in [3.05, 3.63) is 107 Å². The first-order valence-electron chi connectivity index (χ1n) is 13.6. The van der Waals surface area contributed by atoms with Gasteiger partial charge < -0.3 is 5.11 Å². The smallest absolute Gasteiger partial charge is 0.155 e. The first kappa shape index (κ1) is 31.2. The molecular weight excluding hydrogens is 717 g/mol. The second-order valence-electron chi connectivity index (χ2n) is 11.4. The SMILES string of the molecule is CC(=O)/C=C(/C)O.Cc1cnc2c(c1)c(-c1cc(-c3ccc4cc(C(C)(C)C)ccc4c3)ccn1)[c-]c1ccsc12.[Ir]. The number of aryl methyl sites for hydroxylation is 1. The summed E-state index contributed by atoms with van der Waals surface area (Å²) < 4.78 is 1.18. The number of benzene rings is 3. The Bertz CT molecular complexity index is 1950. The number of carbonyl (C=O) groups excluding carboxylic acids is 1. The summed E-state index contributed by atoms with van der Waals surface area (Å²) in [5.41, 5.74) is 7.93. The molecule has 3 aromatic heterocycles. The molecule has 42 heavy (non-hydrogen) atoms. The molecule has 6 heteroatoms. The van der Waals surface area contributed by atoms with Crippen LogP contribution in [0.25, 0.3) is 54.1 Å². The quantitative estimate of drug-likeness (QED) is 0.111. The molecule has 215 valence electrons. The Morgan fingerprint density at radius 2 is 1.64 bits per heavy atom. The molecule has 0 fully saturated rings. The van der Waals surface area contributed by atoms with Gasteiger partial charge in [-0.3, -0.25) is 14.8 Å². The Hall–Kier alpha value is -3.70. The molecule has 0 aliphatic carbocycles. The fourth-order valence-electron chi connectivity index (χ4n) is 4.87. The summed E-state index contributed by atoms with van der Waals surface area (Å²) in [6, 6.07) is 25.7. The van der Waals surface area contributed by atoms with Crippen LogP contribution < -0.4 is 0 Å². The molecule has 6 aromatic rings. The number of aliphatic hydroxyl groups is 1. The van der Waals surface area contributed by atoms with Gasteiger partial charge in [0.1, 0.15) is 0 Å². The minimum Gasteiger partial charge on any atom is -0.512 e. The summed E-state index contributed by atoms with van der Waals surface area (Å²) in [4.78, 5) is 19.5. The van der Waals surface area contributed by atoms with Gasteiger partial charge in [0, 0.05) is 49.8 Å². The normalized spacial score (nSPS) is 11.7. The summed E-state index contributed by atoms with van der Waals surface area (Å²) in [6.45, 7) is 11.7. The number of allylic oxidation sites excluding steroid dienone is 2. The van der Waals surface area contributed by atoms with Crippen LogP contribution in [0.1, 0.15) is 45.7 Å². The summed E-state index contributed by atoms with van der Waals surface area (Å²) in [7, 11) is 0. The first-order valence-corrected chi connectivity index (χ1v) is 14.5. The fraction of sp³-hybridized carbons (Fsp3) is 0.194. The zero-order valence-electron chi connectivity index (χ0n) is 24.6. The largest absolute Gasteiger partial charge is 0.512 e. The summed E-state index contributed by atoms with van der Waals surface area (Å²) >= 11 is 1.72. The first-order chi connectivity index (χ1) is 19.5. The van der Waals surface area contributed by atoms with E-state index in [2.05, 4.69) is 99.8 Å². The van der Waals surface area contributed by atoms with Crippen molar-refractivity contribution in [2.45, 2.75) is 47.0 Å². The third-order valence-electron chi connectivity index (χ3n) is 6.90. The number of aromatic nitrogens is 2. The van der Waals surface area contributed by atoms with E-state index in [4.69, 9.17) is 15.1 Å². The van der Waals surface area contributed by atoms with Gasteiger partial charge in [0.25, 0.3) is 0 Å². The van der Waals surface area contributed by atoms with E-state index in [9.17, 15) is 4.79 Å². The molecule has 0 atom stereocenters. The topological polar surface area (TPSA) is 63.1 Å². The second kappa shape index (κ2) is 12.7. The molecule has 1 radical (unpaired) electrons. The van der Waals surface area contributed by atoms with Crippen LogP contribution in [0.3, 0.4) is 0 Å². The van der Waals surface area contributed by atoms with E-state index in [1.807, 2.05) is 12.4 Å². The Morgan fingerprint density at radius 3 is 2.33 bits per heavy atom. The van der Waals surface area contributed by atoms with Crippen molar-refractivity contribution < 1.29 is 30.0 Å². The van der Waals surface area contributed by atoms with Gasteiger partial charge >= 0.3 is 0 Å². The summed E-state index contributed by atoms with van der Waals surface area (Å²) in [5, 5.41) is 15.2. The molecule has 0 saturated heterocycles. The maximum Gasteiger partial charge on any atom is 0.155 e. The standard InChI is InChI=1S/C31H25N2S.C5H8O2.Ir/c1-19-13-27-26(16-24-10-12-34-30(24)29(27)33-18-19)28-17-23(9-11-32-28)20-5-6-22-15-25(31(2,3)4)8-7-21(22)14-20;1-4(6)3-5(2)7;/h5-15,17-18H,1-4H3;3,6H,1-2H3;/q-1;;/b;4-3-;. The number of ketones is 1. The van der Waals surface area contributed by atoms with Crippen LogP contribution >= 0.6 is 11.3 Å². The molecule has 6 rings (SSSR count). The van der Waals surface area contributed by atoms with Crippen LogP contribution in [-0.4, -0.2) is 20.9 Å². The Kier molecular flexibility index (Phi) is 9.42. The van der Waals surface area contributed by atoms with Crippen LogP contribution in [0, 0.1) is 13.0 Å². The number of carbonyl (C=O) groups is 1. The van der Waals surface area contributed by atoms with Gasteiger partial charge in [-0.05, 0) is 81.4 Å². The number of fused-ring (bicyclic) bond motifs is 4. The van der Waals surface area contributed by atoms with E-state index in [0.29, 0.717) is 0 Å². The molecule has 3 heterocycles. The van der Waals surface area contributed by atoms with Gasteiger partial charge in [0.2, 0.25) is 0 Å². The predicted molar refractivity (Wildman–Crippen MR) is 173 cm³/mol. The molecule has 0 saturated carbocycles. The van der Waals surface area contributed by atoms with Crippen molar-refractivity contribution in [1.82, 2.24) is 9.97 Å². The number of hydrogen-bond donors (Lipinski definition) is 1. The van der Waals surface area contributed by atoms with Crippen molar-refractivity contribution in [3.63, 3.8) is 0 Å². The number of aliphatic hydroxyl groups excluding tert-OH is 1. The van der Waals surface area contributed by atoms with Gasteiger partial charge in [0.05, 0.1) is 5.76 Å². The molecular formula is C36H33IrN2O2S-. The van der Waals surface area contributed by atoms with E-state index >= 15 is 0 Å². The molecule has 0 spiro atoms. The van der Waals surface area contributed by atoms with Crippen molar-refractivity contribution in [2.24, 2.45) is 0 Å². The Balaban J connectivity index is 0.000000454. The summed E-state index contributed by atoms with van der Waals surface area (Å²) in [6.07, 6.45) is 5.01. The van der Waals surface area contributed by atoms with Crippen molar-refractivity contribution in [2.75, 3.05) is 0 Å². The second-order valence-corrected chi connectivity index (χ2v) is 12.3. The van der Waals surface area contributed by atoms with Gasteiger partial charge in [0.15, 0.2) is 5.78 Å². The number of nitrogens with zero attached hydrogens (tertiary/aromatic N) is 2.